The van der Waals surface area contributed by atoms with Gasteiger partial charge in [-0.1, -0.05) is 12.2 Å². The van der Waals surface area contributed by atoms with Crippen molar-refractivity contribution in [1.29, 1.82) is 0 Å². The molecule has 0 aliphatic rings. The monoisotopic (exact) mass is 146 g/mol. The highest BCUT2D eigenvalue weighted by Crippen LogP contribution is 2.17. The highest BCUT2D eigenvalue weighted by atomic mass is 32.2. The molecule has 0 rings (SSSR count). The number of thioether (sulfide) groups is 1. The smallest absolute Gasteiger partial charge is 0.0369 e. The molecule has 0 aromatic carbocycles. The lowest BCUT2D eigenvalue weighted by atomic mass is 10.7. The SMILES string of the molecule is C=CCSC(P)C=C. The Morgan fingerprint density at radius 2 is 2.25 bits per heavy atom. The molecule has 0 heterocycles. The highest BCUT2D eigenvalue weighted by Gasteiger charge is 1.90. The molecule has 0 radical (unpaired) electrons. The number of rotatable bonds is 4. The van der Waals surface area contributed by atoms with Crippen molar-refractivity contribution >= 4 is 21.0 Å². The molecular formula is C6H11PS. The van der Waals surface area contributed by atoms with Crippen LogP contribution in [0.5, 0.6) is 0 Å². The molecule has 8 heavy (non-hydrogen) atoms. The maximum atomic E-state index is 3.64. The minimum absolute atomic E-state index is 0.480. The first-order valence-electron chi connectivity index (χ1n) is 2.42. The molecule has 46 valence electrons. The summed E-state index contributed by atoms with van der Waals surface area (Å²) in [7, 11) is 2.68. The van der Waals surface area contributed by atoms with E-state index in [1.54, 1.807) is 11.8 Å². The van der Waals surface area contributed by atoms with Crippen molar-refractivity contribution in [2.45, 2.75) is 4.99 Å². The van der Waals surface area contributed by atoms with Crippen LogP contribution in [0, 0.1) is 0 Å². The summed E-state index contributed by atoms with van der Waals surface area (Å²) in [6.07, 6.45) is 3.80. The summed E-state index contributed by atoms with van der Waals surface area (Å²) in [5.74, 6) is 1.00. The molecule has 0 nitrogen and oxygen atoms in total. The largest absolute Gasteiger partial charge is 0.146 e. The minimum atomic E-state index is 0.480. The predicted molar refractivity (Wildman–Crippen MR) is 46.4 cm³/mol. The van der Waals surface area contributed by atoms with Crippen LogP contribution in [0.4, 0.5) is 0 Å². The molecule has 0 N–H and O–H groups in total. The quantitative estimate of drug-likeness (QED) is 0.433. The zero-order valence-electron chi connectivity index (χ0n) is 4.84. The third-order valence-electron chi connectivity index (χ3n) is 0.639. The average Bonchev–Trinajstić information content (AvgIpc) is 1.83. The topological polar surface area (TPSA) is 0 Å². The van der Waals surface area contributed by atoms with Gasteiger partial charge in [0, 0.05) is 10.7 Å². The van der Waals surface area contributed by atoms with Crippen molar-refractivity contribution < 1.29 is 0 Å². The van der Waals surface area contributed by atoms with E-state index in [-0.39, 0.29) is 0 Å². The van der Waals surface area contributed by atoms with Gasteiger partial charge in [-0.2, -0.15) is 0 Å². The lowest BCUT2D eigenvalue weighted by molar-refractivity contribution is 1.65. The summed E-state index contributed by atoms with van der Waals surface area (Å²) < 4.78 is 0. The summed E-state index contributed by atoms with van der Waals surface area (Å²) >= 11 is 1.80. The van der Waals surface area contributed by atoms with Crippen molar-refractivity contribution in [3.63, 3.8) is 0 Å². The lowest BCUT2D eigenvalue weighted by Crippen LogP contribution is -1.82. The van der Waals surface area contributed by atoms with Crippen LogP contribution in [0.1, 0.15) is 0 Å². The first-order chi connectivity index (χ1) is 3.81. The van der Waals surface area contributed by atoms with E-state index >= 15 is 0 Å². The third-order valence-corrected chi connectivity index (χ3v) is 2.49. The second kappa shape index (κ2) is 5.40. The summed E-state index contributed by atoms with van der Waals surface area (Å²) in [6, 6.07) is 0. The summed E-state index contributed by atoms with van der Waals surface area (Å²) in [6.45, 7) is 7.24. The van der Waals surface area contributed by atoms with Gasteiger partial charge in [-0.25, -0.2) is 0 Å². The van der Waals surface area contributed by atoms with Gasteiger partial charge in [-0.3, -0.25) is 0 Å². The van der Waals surface area contributed by atoms with Gasteiger partial charge < -0.3 is 0 Å². The maximum Gasteiger partial charge on any atom is 0.0369 e. The van der Waals surface area contributed by atoms with Crippen LogP contribution < -0.4 is 0 Å². The van der Waals surface area contributed by atoms with E-state index in [0.29, 0.717) is 4.99 Å². The molecule has 0 aliphatic carbocycles. The van der Waals surface area contributed by atoms with Crippen LogP contribution in [-0.4, -0.2) is 10.7 Å². The molecule has 0 amide bonds. The van der Waals surface area contributed by atoms with Crippen LogP contribution in [0.25, 0.3) is 0 Å². The molecule has 0 fully saturated rings. The molecule has 2 heteroatoms. The molecule has 0 aliphatic heterocycles. The van der Waals surface area contributed by atoms with Crippen LogP contribution in [0.2, 0.25) is 0 Å². The zero-order chi connectivity index (χ0) is 6.41. The Kier molecular flexibility index (Phi) is 5.57. The fourth-order valence-corrected chi connectivity index (χ4v) is 1.07. The van der Waals surface area contributed by atoms with Crippen molar-refractivity contribution in [2.75, 3.05) is 5.75 Å². The number of hydrogen-bond donors (Lipinski definition) is 0. The van der Waals surface area contributed by atoms with Crippen LogP contribution in [0.15, 0.2) is 25.3 Å². The Morgan fingerprint density at radius 3 is 2.62 bits per heavy atom. The van der Waals surface area contributed by atoms with E-state index in [1.165, 1.54) is 0 Å². The van der Waals surface area contributed by atoms with Crippen molar-refractivity contribution in [2.24, 2.45) is 0 Å². The Morgan fingerprint density at radius 1 is 1.62 bits per heavy atom. The molecule has 2 atom stereocenters. The average molecular weight is 146 g/mol. The fraction of sp³-hybridized carbons (Fsp3) is 0.333. The number of hydrogen-bond acceptors (Lipinski definition) is 1. The van der Waals surface area contributed by atoms with E-state index in [0.717, 1.165) is 5.75 Å². The highest BCUT2D eigenvalue weighted by molar-refractivity contribution is 8.03. The first kappa shape index (κ1) is 8.26. The molecule has 0 aromatic rings. The maximum absolute atomic E-state index is 3.64. The second-order valence-corrected chi connectivity index (χ2v) is 3.73. The molecular weight excluding hydrogens is 135 g/mol. The van der Waals surface area contributed by atoms with Gasteiger partial charge >= 0.3 is 0 Å². The van der Waals surface area contributed by atoms with Gasteiger partial charge in [0.15, 0.2) is 0 Å². The second-order valence-electron chi connectivity index (χ2n) is 1.32. The molecule has 0 saturated carbocycles. The normalized spacial score (nSPS) is 12.6. The van der Waals surface area contributed by atoms with Crippen LogP contribution in [0.3, 0.4) is 0 Å². The van der Waals surface area contributed by atoms with Gasteiger partial charge in [0.05, 0.1) is 0 Å². The molecule has 0 aromatic heterocycles. The standard InChI is InChI=1S/C6H11PS/c1-3-5-8-6(7)4-2/h3-4,6H,1-2,5,7H2. The van der Waals surface area contributed by atoms with E-state index in [2.05, 4.69) is 22.4 Å². The Labute approximate surface area is 57.6 Å². The molecule has 0 saturated heterocycles. The van der Waals surface area contributed by atoms with Crippen molar-refractivity contribution in [1.82, 2.24) is 0 Å². The molecule has 0 bridgehead atoms. The molecule has 2 unspecified atom stereocenters. The summed E-state index contributed by atoms with van der Waals surface area (Å²) in [5.41, 5.74) is 0. The van der Waals surface area contributed by atoms with Gasteiger partial charge in [-0.05, 0) is 0 Å². The van der Waals surface area contributed by atoms with E-state index in [4.69, 9.17) is 0 Å². The predicted octanol–water partition coefficient (Wildman–Crippen LogP) is 2.29. The Bertz CT molecular complexity index is 80.6. The van der Waals surface area contributed by atoms with Crippen LogP contribution >= 0.6 is 21.0 Å². The minimum Gasteiger partial charge on any atom is -0.146 e. The zero-order valence-corrected chi connectivity index (χ0v) is 6.81. The summed E-state index contributed by atoms with van der Waals surface area (Å²) in [5, 5.41) is 0. The van der Waals surface area contributed by atoms with Crippen molar-refractivity contribution in [3.05, 3.63) is 25.3 Å². The van der Waals surface area contributed by atoms with Gasteiger partial charge in [0.25, 0.3) is 0 Å². The fourth-order valence-electron chi connectivity index (χ4n) is 0.247. The van der Waals surface area contributed by atoms with E-state index < -0.39 is 0 Å². The van der Waals surface area contributed by atoms with Gasteiger partial charge in [0.2, 0.25) is 0 Å². The van der Waals surface area contributed by atoms with Gasteiger partial charge in [-0.15, -0.1) is 34.2 Å². The summed E-state index contributed by atoms with van der Waals surface area (Å²) in [4.78, 5) is 0.480. The Hall–Kier alpha value is 0.260. The first-order valence-corrected chi connectivity index (χ1v) is 4.13. The lowest BCUT2D eigenvalue weighted by Gasteiger charge is -1.99. The Balaban J connectivity index is 3.09. The van der Waals surface area contributed by atoms with Gasteiger partial charge in [0.1, 0.15) is 0 Å². The van der Waals surface area contributed by atoms with Crippen LogP contribution in [-0.2, 0) is 0 Å². The third kappa shape index (κ3) is 4.42. The van der Waals surface area contributed by atoms with E-state index in [9.17, 15) is 0 Å². The van der Waals surface area contributed by atoms with Crippen molar-refractivity contribution in [3.8, 4) is 0 Å². The van der Waals surface area contributed by atoms with E-state index in [1.807, 2.05) is 12.2 Å². The molecule has 0 spiro atoms.